The van der Waals surface area contributed by atoms with Crippen LogP contribution in [0.1, 0.15) is 58.6 Å². The number of aliphatic hydroxyl groups is 1. The fourth-order valence-corrected chi connectivity index (χ4v) is 5.05. The van der Waals surface area contributed by atoms with Crippen LogP contribution in [0, 0.1) is 0 Å². The maximum atomic E-state index is 13.0. The number of hydrogen-bond acceptors (Lipinski definition) is 5. The van der Waals surface area contributed by atoms with Crippen molar-refractivity contribution in [3.8, 4) is 0 Å². The van der Waals surface area contributed by atoms with Crippen LogP contribution < -0.4 is 0 Å². The van der Waals surface area contributed by atoms with E-state index in [1.165, 1.54) is 24.2 Å². The first-order valence-electron chi connectivity index (χ1n) is 9.90. The molecule has 1 atom stereocenters. The fraction of sp³-hybridized carbons (Fsp3) is 0.524. The Bertz CT molecular complexity index is 750. The van der Waals surface area contributed by atoms with Gasteiger partial charge in [-0.15, -0.1) is 11.3 Å². The molecule has 1 saturated carbocycles. The number of carbonyl (C=O) groups excluding carboxylic acids is 1. The van der Waals surface area contributed by atoms with E-state index in [-0.39, 0.29) is 5.91 Å². The maximum absolute atomic E-state index is 13.0. The van der Waals surface area contributed by atoms with Crippen LogP contribution in [0.2, 0.25) is 0 Å². The van der Waals surface area contributed by atoms with Crippen LogP contribution >= 0.6 is 11.3 Å². The maximum Gasteiger partial charge on any atom is 0.265 e. The summed E-state index contributed by atoms with van der Waals surface area (Å²) in [5.74, 6) is 0.611. The highest BCUT2D eigenvalue weighted by molar-refractivity contribution is 7.11. The van der Waals surface area contributed by atoms with Gasteiger partial charge < -0.3 is 10.0 Å². The van der Waals surface area contributed by atoms with Gasteiger partial charge in [0.05, 0.1) is 17.3 Å². The molecule has 1 amide bonds. The lowest BCUT2D eigenvalue weighted by Crippen LogP contribution is -2.49. The van der Waals surface area contributed by atoms with E-state index in [9.17, 15) is 9.90 Å². The Morgan fingerprint density at radius 1 is 1.15 bits per heavy atom. The number of amides is 1. The second kappa shape index (κ2) is 8.50. The normalized spacial score (nSPS) is 20.1. The van der Waals surface area contributed by atoms with Crippen molar-refractivity contribution in [2.75, 3.05) is 32.7 Å². The van der Waals surface area contributed by atoms with Gasteiger partial charge in [-0.05, 0) is 18.4 Å². The molecule has 0 bridgehead atoms. The third-order valence-corrected chi connectivity index (χ3v) is 6.64. The van der Waals surface area contributed by atoms with Crippen molar-refractivity contribution in [3.63, 3.8) is 0 Å². The Labute approximate surface area is 164 Å². The monoisotopic (exact) mass is 385 g/mol. The number of rotatable bonds is 5. The zero-order valence-corrected chi connectivity index (χ0v) is 16.4. The standard InChI is InChI=1S/C21H27N3O2S/c25-18(16-6-2-1-3-7-16)14-23-10-12-24(13-11-23)21(26)20-19(22-15-27-20)17-8-4-5-9-17/h1-3,6-7,15,17-18,25H,4-5,8-14H2/t18-/m0/s1. The number of nitrogens with zero attached hydrogens (tertiary/aromatic N) is 3. The van der Waals surface area contributed by atoms with Gasteiger partial charge in [0, 0.05) is 38.6 Å². The topological polar surface area (TPSA) is 56.7 Å². The van der Waals surface area contributed by atoms with Crippen LogP contribution in [0.3, 0.4) is 0 Å². The Hall–Kier alpha value is -1.76. The van der Waals surface area contributed by atoms with Gasteiger partial charge in [0.1, 0.15) is 4.88 Å². The Kier molecular flexibility index (Phi) is 5.86. The fourth-order valence-electron chi connectivity index (χ4n) is 4.21. The molecule has 5 nitrogen and oxygen atoms in total. The average Bonchev–Trinajstić information content (AvgIpc) is 3.40. The minimum atomic E-state index is -0.482. The number of carbonyl (C=O) groups is 1. The first-order chi connectivity index (χ1) is 13.2. The summed E-state index contributed by atoms with van der Waals surface area (Å²) in [5, 5.41) is 10.4. The summed E-state index contributed by atoms with van der Waals surface area (Å²) in [5.41, 5.74) is 3.80. The summed E-state index contributed by atoms with van der Waals surface area (Å²) in [6.07, 6.45) is 4.34. The molecule has 144 valence electrons. The molecule has 2 aliphatic rings. The summed E-state index contributed by atoms with van der Waals surface area (Å²) < 4.78 is 0. The van der Waals surface area contributed by atoms with Gasteiger partial charge in [-0.2, -0.15) is 0 Å². The van der Waals surface area contributed by atoms with Crippen LogP contribution in [-0.2, 0) is 0 Å². The Morgan fingerprint density at radius 3 is 2.56 bits per heavy atom. The van der Waals surface area contributed by atoms with Crippen molar-refractivity contribution in [2.45, 2.75) is 37.7 Å². The van der Waals surface area contributed by atoms with Crippen molar-refractivity contribution in [1.82, 2.24) is 14.8 Å². The van der Waals surface area contributed by atoms with E-state index in [0.717, 1.165) is 42.1 Å². The number of thiazole rings is 1. The lowest BCUT2D eigenvalue weighted by molar-refractivity contribution is 0.0530. The summed E-state index contributed by atoms with van der Waals surface area (Å²) >= 11 is 1.49. The van der Waals surface area contributed by atoms with Gasteiger partial charge in [-0.1, -0.05) is 43.2 Å². The summed E-state index contributed by atoms with van der Waals surface area (Å²) in [4.78, 5) is 22.6. The largest absolute Gasteiger partial charge is 0.387 e. The molecule has 4 rings (SSSR count). The van der Waals surface area contributed by atoms with Gasteiger partial charge >= 0.3 is 0 Å². The summed E-state index contributed by atoms with van der Waals surface area (Å²) in [6, 6.07) is 9.77. The summed E-state index contributed by atoms with van der Waals surface area (Å²) in [7, 11) is 0. The molecule has 1 saturated heterocycles. The zero-order valence-electron chi connectivity index (χ0n) is 15.6. The number of hydrogen-bond donors (Lipinski definition) is 1. The van der Waals surface area contributed by atoms with E-state index < -0.39 is 6.10 Å². The molecule has 1 aromatic carbocycles. The van der Waals surface area contributed by atoms with Crippen LogP contribution in [-0.4, -0.2) is 58.5 Å². The quantitative estimate of drug-likeness (QED) is 0.858. The SMILES string of the molecule is O=C(c1scnc1C1CCCC1)N1CCN(C[C@H](O)c2ccccc2)CC1. The Morgan fingerprint density at radius 2 is 1.85 bits per heavy atom. The number of aromatic nitrogens is 1. The highest BCUT2D eigenvalue weighted by Gasteiger charge is 2.29. The predicted octanol–water partition coefficient (Wildman–Crippen LogP) is 3.29. The first kappa shape index (κ1) is 18.6. The van der Waals surface area contributed by atoms with Crippen LogP contribution in [0.25, 0.3) is 0 Å². The third kappa shape index (κ3) is 4.23. The van der Waals surface area contributed by atoms with Crippen LogP contribution in [0.4, 0.5) is 0 Å². The molecular weight excluding hydrogens is 358 g/mol. The molecule has 0 spiro atoms. The Balaban J connectivity index is 1.33. The van der Waals surface area contributed by atoms with Gasteiger partial charge in [-0.25, -0.2) is 4.98 Å². The molecular formula is C21H27N3O2S. The lowest BCUT2D eigenvalue weighted by Gasteiger charge is -2.35. The number of benzene rings is 1. The van der Waals surface area contributed by atoms with E-state index in [2.05, 4.69) is 9.88 Å². The molecule has 1 aromatic heterocycles. The van der Waals surface area contributed by atoms with E-state index in [4.69, 9.17) is 0 Å². The molecule has 2 heterocycles. The molecule has 1 aliphatic heterocycles. The van der Waals surface area contributed by atoms with Crippen molar-refractivity contribution in [3.05, 3.63) is 52.0 Å². The minimum Gasteiger partial charge on any atom is -0.387 e. The number of aliphatic hydroxyl groups excluding tert-OH is 1. The first-order valence-corrected chi connectivity index (χ1v) is 10.8. The van der Waals surface area contributed by atoms with E-state index in [0.29, 0.717) is 25.6 Å². The van der Waals surface area contributed by atoms with Crippen molar-refractivity contribution in [1.29, 1.82) is 0 Å². The third-order valence-electron chi connectivity index (χ3n) is 5.81. The second-order valence-corrected chi connectivity index (χ2v) is 8.42. The van der Waals surface area contributed by atoms with Gasteiger partial charge in [-0.3, -0.25) is 9.69 Å². The highest BCUT2D eigenvalue weighted by Crippen LogP contribution is 2.36. The molecule has 1 N–H and O–H groups in total. The van der Waals surface area contributed by atoms with Crippen LogP contribution in [0.5, 0.6) is 0 Å². The average molecular weight is 386 g/mol. The molecule has 0 unspecified atom stereocenters. The van der Waals surface area contributed by atoms with Crippen molar-refractivity contribution in [2.24, 2.45) is 0 Å². The molecule has 27 heavy (non-hydrogen) atoms. The van der Waals surface area contributed by atoms with E-state index in [1.54, 1.807) is 0 Å². The van der Waals surface area contributed by atoms with E-state index >= 15 is 0 Å². The van der Waals surface area contributed by atoms with E-state index in [1.807, 2.05) is 40.7 Å². The second-order valence-electron chi connectivity index (χ2n) is 7.57. The van der Waals surface area contributed by atoms with Gasteiger partial charge in [0.2, 0.25) is 0 Å². The minimum absolute atomic E-state index is 0.141. The lowest BCUT2D eigenvalue weighted by atomic mass is 10.0. The molecule has 1 aliphatic carbocycles. The molecule has 6 heteroatoms. The van der Waals surface area contributed by atoms with Crippen molar-refractivity contribution < 1.29 is 9.90 Å². The molecule has 2 aromatic rings. The number of β-amino-alcohol motifs (C(OH)–C–C–N with tert-alkyl or cyclic N) is 1. The predicted molar refractivity (Wildman–Crippen MR) is 107 cm³/mol. The van der Waals surface area contributed by atoms with Gasteiger partial charge in [0.25, 0.3) is 5.91 Å². The smallest absolute Gasteiger partial charge is 0.265 e. The summed E-state index contributed by atoms with van der Waals surface area (Å²) in [6.45, 7) is 3.63. The number of piperazine rings is 1. The zero-order chi connectivity index (χ0) is 18.6. The van der Waals surface area contributed by atoms with Crippen molar-refractivity contribution >= 4 is 17.2 Å². The molecule has 2 fully saturated rings. The van der Waals surface area contributed by atoms with Gasteiger partial charge in [0.15, 0.2) is 0 Å². The highest BCUT2D eigenvalue weighted by atomic mass is 32.1. The van der Waals surface area contributed by atoms with Crippen LogP contribution in [0.15, 0.2) is 35.8 Å². The molecule has 0 radical (unpaired) electrons.